The molecule has 2 heterocycles. The summed E-state index contributed by atoms with van der Waals surface area (Å²) >= 11 is 0. The van der Waals surface area contributed by atoms with E-state index in [1.807, 2.05) is 0 Å². The molecule has 0 aliphatic carbocycles. The summed E-state index contributed by atoms with van der Waals surface area (Å²) in [5.74, 6) is 1.18. The van der Waals surface area contributed by atoms with Crippen molar-refractivity contribution in [2.75, 3.05) is 0 Å². The van der Waals surface area contributed by atoms with E-state index in [1.165, 1.54) is 12.1 Å². The molecule has 1 unspecified atom stereocenters. The zero-order valence-electron chi connectivity index (χ0n) is 14.3. The van der Waals surface area contributed by atoms with E-state index < -0.39 is 17.8 Å². The number of alkyl halides is 3. The van der Waals surface area contributed by atoms with Crippen molar-refractivity contribution in [3.8, 4) is 17.3 Å². The van der Waals surface area contributed by atoms with E-state index in [1.54, 1.807) is 30.8 Å². The van der Waals surface area contributed by atoms with Crippen LogP contribution in [0.25, 0.3) is 17.3 Å². The van der Waals surface area contributed by atoms with E-state index in [9.17, 15) is 18.3 Å². The van der Waals surface area contributed by atoms with Crippen LogP contribution in [0.3, 0.4) is 0 Å². The zero-order valence-corrected chi connectivity index (χ0v) is 14.3. The van der Waals surface area contributed by atoms with E-state index in [0.717, 1.165) is 12.1 Å². The molecule has 0 aliphatic rings. The fourth-order valence-corrected chi connectivity index (χ4v) is 2.57. The van der Waals surface area contributed by atoms with Gasteiger partial charge in [0.15, 0.2) is 0 Å². The topological polar surface area (TPSA) is 64.1 Å². The number of rotatable bonds is 5. The Kier molecular flexibility index (Phi) is 4.86. The average molecular weight is 365 g/mol. The van der Waals surface area contributed by atoms with Crippen LogP contribution in [-0.4, -0.2) is 25.7 Å². The predicted octanol–water partition coefficient (Wildman–Crippen LogP) is 4.17. The monoisotopic (exact) mass is 365 g/mol. The molecule has 0 radical (unpaired) electrons. The standard InChI is InChI=1S/C18H18F3N3O2/c1-11(25)3-8-15-16(13-4-6-14(7-5-13)18(19,20)21)23-17(26-15)24-10-9-22-12(24)2/h4-7,9-11,25H,3,8H2,1-2H3. The average Bonchev–Trinajstić information content (AvgIpc) is 3.18. The van der Waals surface area contributed by atoms with Crippen LogP contribution >= 0.6 is 0 Å². The van der Waals surface area contributed by atoms with Crippen LogP contribution in [0.2, 0.25) is 0 Å². The molecule has 2 aromatic heterocycles. The highest BCUT2D eigenvalue weighted by atomic mass is 19.4. The molecule has 0 amide bonds. The highest BCUT2D eigenvalue weighted by molar-refractivity contribution is 5.62. The molecule has 0 saturated heterocycles. The van der Waals surface area contributed by atoms with Gasteiger partial charge in [-0.1, -0.05) is 12.1 Å². The Labute approximate surface area is 148 Å². The van der Waals surface area contributed by atoms with Crippen molar-refractivity contribution in [1.82, 2.24) is 14.5 Å². The highest BCUT2D eigenvalue weighted by Crippen LogP contribution is 2.32. The number of oxazole rings is 1. The third-order valence-electron chi connectivity index (χ3n) is 3.99. The highest BCUT2D eigenvalue weighted by Gasteiger charge is 2.30. The van der Waals surface area contributed by atoms with Gasteiger partial charge < -0.3 is 9.52 Å². The molecule has 26 heavy (non-hydrogen) atoms. The van der Waals surface area contributed by atoms with Crippen LogP contribution < -0.4 is 0 Å². The number of aliphatic hydroxyl groups excluding tert-OH is 1. The summed E-state index contributed by atoms with van der Waals surface area (Å²) in [6.07, 6.45) is -0.765. The van der Waals surface area contributed by atoms with Gasteiger partial charge in [-0.05, 0) is 32.4 Å². The fourth-order valence-electron chi connectivity index (χ4n) is 2.57. The van der Waals surface area contributed by atoms with Crippen molar-refractivity contribution < 1.29 is 22.7 Å². The van der Waals surface area contributed by atoms with E-state index >= 15 is 0 Å². The smallest absolute Gasteiger partial charge is 0.416 e. The van der Waals surface area contributed by atoms with Crippen molar-refractivity contribution in [2.45, 2.75) is 39.0 Å². The van der Waals surface area contributed by atoms with Gasteiger partial charge >= 0.3 is 12.2 Å². The molecule has 5 nitrogen and oxygen atoms in total. The quantitative estimate of drug-likeness (QED) is 0.737. The third kappa shape index (κ3) is 3.80. The first kappa shape index (κ1) is 18.2. The molecular formula is C18H18F3N3O2. The van der Waals surface area contributed by atoms with E-state index in [2.05, 4.69) is 9.97 Å². The largest absolute Gasteiger partial charge is 0.427 e. The molecular weight excluding hydrogens is 347 g/mol. The lowest BCUT2D eigenvalue weighted by Crippen LogP contribution is -2.04. The van der Waals surface area contributed by atoms with Crippen LogP contribution in [0.4, 0.5) is 13.2 Å². The van der Waals surface area contributed by atoms with Crippen molar-refractivity contribution in [3.05, 3.63) is 53.8 Å². The second kappa shape index (κ2) is 6.95. The van der Waals surface area contributed by atoms with E-state index in [4.69, 9.17) is 4.42 Å². The summed E-state index contributed by atoms with van der Waals surface area (Å²) < 4.78 is 45.8. The Morgan fingerprint density at radius 3 is 2.46 bits per heavy atom. The third-order valence-corrected chi connectivity index (χ3v) is 3.99. The van der Waals surface area contributed by atoms with Crippen molar-refractivity contribution >= 4 is 0 Å². The van der Waals surface area contributed by atoms with Crippen LogP contribution in [0.1, 0.15) is 30.5 Å². The Hall–Kier alpha value is -2.61. The van der Waals surface area contributed by atoms with Gasteiger partial charge in [0.2, 0.25) is 0 Å². The van der Waals surface area contributed by atoms with Crippen LogP contribution in [0.5, 0.6) is 0 Å². The second-order valence-corrected chi connectivity index (χ2v) is 6.08. The minimum atomic E-state index is -4.39. The zero-order chi connectivity index (χ0) is 18.9. The molecule has 3 rings (SSSR count). The summed E-state index contributed by atoms with van der Waals surface area (Å²) in [4.78, 5) is 8.56. The molecule has 1 atom stereocenters. The molecule has 0 bridgehead atoms. The van der Waals surface area contributed by atoms with Crippen LogP contribution in [-0.2, 0) is 12.6 Å². The summed E-state index contributed by atoms with van der Waals surface area (Å²) in [5, 5.41) is 9.53. The Balaban J connectivity index is 2.01. The number of benzene rings is 1. The Bertz CT molecular complexity index is 880. The number of aromatic nitrogens is 3. The fraction of sp³-hybridized carbons (Fsp3) is 0.333. The van der Waals surface area contributed by atoms with Crippen molar-refractivity contribution in [2.24, 2.45) is 0 Å². The van der Waals surface area contributed by atoms with Crippen LogP contribution in [0.15, 0.2) is 41.1 Å². The van der Waals surface area contributed by atoms with Gasteiger partial charge in [0, 0.05) is 24.4 Å². The number of nitrogens with zero attached hydrogens (tertiary/aromatic N) is 3. The number of aryl methyl sites for hydroxylation is 2. The number of imidazole rings is 1. The van der Waals surface area contributed by atoms with E-state index in [-0.39, 0.29) is 6.01 Å². The first-order chi connectivity index (χ1) is 12.3. The summed E-state index contributed by atoms with van der Waals surface area (Å²) in [6, 6.07) is 5.07. The number of halogens is 3. The van der Waals surface area contributed by atoms with Crippen molar-refractivity contribution in [1.29, 1.82) is 0 Å². The molecule has 1 aromatic carbocycles. The maximum atomic E-state index is 12.8. The van der Waals surface area contributed by atoms with Gasteiger partial charge in [-0.3, -0.25) is 4.57 Å². The van der Waals surface area contributed by atoms with Gasteiger partial charge in [-0.2, -0.15) is 18.2 Å². The Morgan fingerprint density at radius 2 is 1.92 bits per heavy atom. The molecule has 0 fully saturated rings. The number of aliphatic hydroxyl groups is 1. The second-order valence-electron chi connectivity index (χ2n) is 6.08. The maximum Gasteiger partial charge on any atom is 0.416 e. The van der Waals surface area contributed by atoms with Gasteiger partial charge in [0.1, 0.15) is 17.3 Å². The van der Waals surface area contributed by atoms with E-state index in [0.29, 0.717) is 35.7 Å². The summed E-state index contributed by atoms with van der Waals surface area (Å²) in [5.41, 5.74) is 0.259. The molecule has 138 valence electrons. The summed E-state index contributed by atoms with van der Waals surface area (Å²) in [6.45, 7) is 3.45. The van der Waals surface area contributed by atoms with Crippen LogP contribution in [0, 0.1) is 6.92 Å². The maximum absolute atomic E-state index is 12.8. The first-order valence-corrected chi connectivity index (χ1v) is 8.11. The number of hydrogen-bond donors (Lipinski definition) is 1. The van der Waals surface area contributed by atoms with Gasteiger partial charge in [0.25, 0.3) is 0 Å². The number of hydrogen-bond acceptors (Lipinski definition) is 4. The molecule has 0 spiro atoms. The SMILES string of the molecule is Cc1nccn1-c1nc(-c2ccc(C(F)(F)F)cc2)c(CCC(C)O)o1. The molecule has 0 aliphatic heterocycles. The van der Waals surface area contributed by atoms with Gasteiger partial charge in [-0.25, -0.2) is 4.98 Å². The molecule has 0 saturated carbocycles. The molecule has 3 aromatic rings. The predicted molar refractivity (Wildman–Crippen MR) is 88.8 cm³/mol. The Morgan fingerprint density at radius 1 is 1.23 bits per heavy atom. The minimum Gasteiger partial charge on any atom is -0.427 e. The molecule has 8 heteroatoms. The molecule has 1 N–H and O–H groups in total. The lowest BCUT2D eigenvalue weighted by atomic mass is 10.1. The summed E-state index contributed by atoms with van der Waals surface area (Å²) in [7, 11) is 0. The first-order valence-electron chi connectivity index (χ1n) is 8.11. The van der Waals surface area contributed by atoms with Gasteiger partial charge in [-0.15, -0.1) is 0 Å². The van der Waals surface area contributed by atoms with Crippen molar-refractivity contribution in [3.63, 3.8) is 0 Å². The lowest BCUT2D eigenvalue weighted by Gasteiger charge is -2.07. The lowest BCUT2D eigenvalue weighted by molar-refractivity contribution is -0.137. The van der Waals surface area contributed by atoms with Gasteiger partial charge in [0.05, 0.1) is 11.7 Å². The minimum absolute atomic E-state index is 0.287. The normalized spacial score (nSPS) is 13.2.